The number of hydrogen-bond donors (Lipinski definition) is 1. The molecular weight excluding hydrogens is 208 g/mol. The molecule has 96 valence electrons. The van der Waals surface area contributed by atoms with Gasteiger partial charge < -0.3 is 5.11 Å². The van der Waals surface area contributed by atoms with Crippen LogP contribution in [0, 0.1) is 17.3 Å². The SMILES string of the molecule is C=C1CCC2=C(C)CC[C@H](C(C)C)[C@]2(C)[C@@H]1O. The molecule has 2 aliphatic carbocycles. The van der Waals surface area contributed by atoms with E-state index >= 15 is 0 Å². The Labute approximate surface area is 106 Å². The molecule has 0 unspecified atom stereocenters. The lowest BCUT2D eigenvalue weighted by Gasteiger charge is -2.52. The zero-order chi connectivity index (χ0) is 12.8. The molecule has 1 heteroatoms. The third-order valence-electron chi connectivity index (χ3n) is 5.22. The summed E-state index contributed by atoms with van der Waals surface area (Å²) in [6.45, 7) is 13.2. The Morgan fingerprint density at radius 3 is 2.53 bits per heavy atom. The van der Waals surface area contributed by atoms with Crippen molar-refractivity contribution in [3.8, 4) is 0 Å². The average molecular weight is 234 g/mol. The van der Waals surface area contributed by atoms with Crippen molar-refractivity contribution >= 4 is 0 Å². The van der Waals surface area contributed by atoms with E-state index < -0.39 is 0 Å². The Bertz CT molecular complexity index is 364. The lowest BCUT2D eigenvalue weighted by molar-refractivity contribution is 0.00254. The van der Waals surface area contributed by atoms with E-state index in [-0.39, 0.29) is 11.5 Å². The summed E-state index contributed by atoms with van der Waals surface area (Å²) in [6.07, 6.45) is 4.17. The van der Waals surface area contributed by atoms with Crippen molar-refractivity contribution < 1.29 is 5.11 Å². The highest BCUT2D eigenvalue weighted by atomic mass is 16.3. The Morgan fingerprint density at radius 1 is 1.29 bits per heavy atom. The van der Waals surface area contributed by atoms with E-state index in [4.69, 9.17) is 0 Å². The van der Waals surface area contributed by atoms with Gasteiger partial charge in [-0.2, -0.15) is 0 Å². The van der Waals surface area contributed by atoms with Crippen molar-refractivity contribution in [2.45, 2.75) is 59.5 Å². The molecule has 17 heavy (non-hydrogen) atoms. The summed E-state index contributed by atoms with van der Waals surface area (Å²) in [5, 5.41) is 10.6. The van der Waals surface area contributed by atoms with Gasteiger partial charge in [0.2, 0.25) is 0 Å². The van der Waals surface area contributed by atoms with Crippen LogP contribution in [0.2, 0.25) is 0 Å². The summed E-state index contributed by atoms with van der Waals surface area (Å²) < 4.78 is 0. The van der Waals surface area contributed by atoms with Gasteiger partial charge in [-0.3, -0.25) is 0 Å². The first-order valence-electron chi connectivity index (χ1n) is 6.93. The van der Waals surface area contributed by atoms with Gasteiger partial charge in [-0.25, -0.2) is 0 Å². The fourth-order valence-corrected chi connectivity index (χ4v) is 4.23. The maximum Gasteiger partial charge on any atom is 0.0841 e. The molecule has 0 aromatic rings. The summed E-state index contributed by atoms with van der Waals surface area (Å²) >= 11 is 0. The van der Waals surface area contributed by atoms with E-state index in [0.717, 1.165) is 18.4 Å². The van der Waals surface area contributed by atoms with E-state index in [2.05, 4.69) is 34.3 Å². The molecule has 0 bridgehead atoms. The largest absolute Gasteiger partial charge is 0.388 e. The number of allylic oxidation sites excluding steroid dienone is 1. The normalized spacial score (nSPS) is 38.6. The van der Waals surface area contributed by atoms with Crippen molar-refractivity contribution in [3.05, 3.63) is 23.3 Å². The molecule has 1 fully saturated rings. The number of fused-ring (bicyclic) bond motifs is 1. The van der Waals surface area contributed by atoms with E-state index in [1.807, 2.05) is 0 Å². The van der Waals surface area contributed by atoms with Gasteiger partial charge in [0.05, 0.1) is 6.10 Å². The van der Waals surface area contributed by atoms with Gasteiger partial charge in [-0.1, -0.05) is 38.5 Å². The zero-order valence-corrected chi connectivity index (χ0v) is 11.7. The van der Waals surface area contributed by atoms with Gasteiger partial charge in [-0.15, -0.1) is 0 Å². The highest BCUT2D eigenvalue weighted by Gasteiger charge is 2.49. The Morgan fingerprint density at radius 2 is 1.94 bits per heavy atom. The molecule has 0 aliphatic heterocycles. The van der Waals surface area contributed by atoms with Crippen molar-refractivity contribution in [1.82, 2.24) is 0 Å². The van der Waals surface area contributed by atoms with Crippen LogP contribution in [0.5, 0.6) is 0 Å². The summed E-state index contributed by atoms with van der Waals surface area (Å²) in [5.74, 6) is 1.22. The molecule has 2 aliphatic rings. The van der Waals surface area contributed by atoms with Gasteiger partial charge >= 0.3 is 0 Å². The minimum absolute atomic E-state index is 0.0498. The number of aliphatic hydroxyl groups is 1. The minimum Gasteiger partial charge on any atom is -0.388 e. The van der Waals surface area contributed by atoms with Crippen molar-refractivity contribution in [1.29, 1.82) is 0 Å². The zero-order valence-electron chi connectivity index (χ0n) is 11.7. The second-order valence-electron chi connectivity index (χ2n) is 6.49. The van der Waals surface area contributed by atoms with Crippen LogP contribution in [0.15, 0.2) is 23.3 Å². The van der Waals surface area contributed by atoms with Crippen molar-refractivity contribution in [2.24, 2.45) is 17.3 Å². The first-order valence-corrected chi connectivity index (χ1v) is 6.93. The van der Waals surface area contributed by atoms with Gasteiger partial charge in [0, 0.05) is 5.41 Å². The molecule has 0 aromatic heterocycles. The molecule has 3 atom stereocenters. The quantitative estimate of drug-likeness (QED) is 0.678. The smallest absolute Gasteiger partial charge is 0.0841 e. The van der Waals surface area contributed by atoms with E-state index in [0.29, 0.717) is 11.8 Å². The van der Waals surface area contributed by atoms with E-state index in [1.165, 1.54) is 24.0 Å². The monoisotopic (exact) mass is 234 g/mol. The molecule has 0 amide bonds. The average Bonchev–Trinajstić information content (AvgIpc) is 2.25. The summed E-state index contributed by atoms with van der Waals surface area (Å²) in [6, 6.07) is 0. The molecule has 1 saturated carbocycles. The molecule has 0 heterocycles. The van der Waals surface area contributed by atoms with Gasteiger partial charge in [0.1, 0.15) is 0 Å². The predicted octanol–water partition coefficient (Wildman–Crippen LogP) is 4.09. The van der Waals surface area contributed by atoms with Crippen molar-refractivity contribution in [3.63, 3.8) is 0 Å². The topological polar surface area (TPSA) is 20.2 Å². The Kier molecular flexibility index (Phi) is 3.24. The third kappa shape index (κ3) is 1.79. The summed E-state index contributed by atoms with van der Waals surface area (Å²) in [7, 11) is 0. The molecule has 0 saturated heterocycles. The van der Waals surface area contributed by atoms with Crippen LogP contribution in [-0.4, -0.2) is 11.2 Å². The molecule has 0 aromatic carbocycles. The maximum atomic E-state index is 10.6. The predicted molar refractivity (Wildman–Crippen MR) is 72.7 cm³/mol. The molecule has 1 nitrogen and oxygen atoms in total. The van der Waals surface area contributed by atoms with Crippen LogP contribution in [0.3, 0.4) is 0 Å². The number of rotatable bonds is 1. The second kappa shape index (κ2) is 4.28. The maximum absolute atomic E-state index is 10.6. The van der Waals surface area contributed by atoms with E-state index in [9.17, 15) is 5.11 Å². The number of aliphatic hydroxyl groups excluding tert-OH is 1. The summed E-state index contributed by atoms with van der Waals surface area (Å²) in [5.41, 5.74) is 4.04. The Balaban J connectivity index is 2.49. The van der Waals surface area contributed by atoms with Crippen LogP contribution in [0.25, 0.3) is 0 Å². The van der Waals surface area contributed by atoms with Crippen LogP contribution >= 0.6 is 0 Å². The third-order valence-corrected chi connectivity index (χ3v) is 5.22. The highest BCUT2D eigenvalue weighted by Crippen LogP contribution is 2.55. The molecular formula is C16H26O. The first-order chi connectivity index (χ1) is 7.89. The van der Waals surface area contributed by atoms with Gasteiger partial charge in [0.15, 0.2) is 0 Å². The number of hydrogen-bond acceptors (Lipinski definition) is 1. The minimum atomic E-state index is -0.339. The molecule has 2 rings (SSSR count). The van der Waals surface area contributed by atoms with E-state index in [1.54, 1.807) is 0 Å². The van der Waals surface area contributed by atoms with Crippen LogP contribution < -0.4 is 0 Å². The van der Waals surface area contributed by atoms with Gasteiger partial charge in [0.25, 0.3) is 0 Å². The standard InChI is InChI=1S/C16H26O/c1-10(2)13-8-6-11(3)14-9-7-12(4)15(17)16(13,14)5/h10,13,15,17H,4,6-9H2,1-3,5H3/t13-,15-,16+/m1/s1. The molecule has 0 spiro atoms. The fraction of sp³-hybridized carbons (Fsp3) is 0.750. The van der Waals surface area contributed by atoms with Crippen molar-refractivity contribution in [2.75, 3.05) is 0 Å². The lowest BCUT2D eigenvalue weighted by Crippen LogP contribution is -2.48. The fourth-order valence-electron chi connectivity index (χ4n) is 4.23. The second-order valence-corrected chi connectivity index (χ2v) is 6.49. The van der Waals surface area contributed by atoms with Crippen LogP contribution in [0.4, 0.5) is 0 Å². The lowest BCUT2D eigenvalue weighted by atomic mass is 9.54. The van der Waals surface area contributed by atoms with Crippen LogP contribution in [-0.2, 0) is 0 Å². The summed E-state index contributed by atoms with van der Waals surface area (Å²) in [4.78, 5) is 0. The van der Waals surface area contributed by atoms with Gasteiger partial charge in [-0.05, 0) is 50.0 Å². The Hall–Kier alpha value is -0.560. The highest BCUT2D eigenvalue weighted by molar-refractivity contribution is 5.34. The molecule has 1 N–H and O–H groups in total. The van der Waals surface area contributed by atoms with Crippen LogP contribution in [0.1, 0.15) is 53.4 Å². The first kappa shape index (κ1) is 12.9. The molecule has 0 radical (unpaired) electrons.